The summed E-state index contributed by atoms with van der Waals surface area (Å²) in [4.78, 5) is 14.0. The van der Waals surface area contributed by atoms with Gasteiger partial charge in [0.25, 0.3) is 5.91 Å². The predicted molar refractivity (Wildman–Crippen MR) is 83.8 cm³/mol. The lowest BCUT2D eigenvalue weighted by Gasteiger charge is -2.36. The fourth-order valence-corrected chi connectivity index (χ4v) is 3.18. The molecule has 24 heavy (non-hydrogen) atoms. The van der Waals surface area contributed by atoms with Crippen molar-refractivity contribution in [1.82, 2.24) is 14.8 Å². The van der Waals surface area contributed by atoms with Crippen LogP contribution in [0, 0.1) is 0 Å². The topological polar surface area (TPSA) is 46.5 Å². The summed E-state index contributed by atoms with van der Waals surface area (Å²) >= 11 is 0. The number of nitrogens with one attached hydrogen (secondary N) is 1. The first-order valence-corrected chi connectivity index (χ1v) is 8.09. The predicted octanol–water partition coefficient (Wildman–Crippen LogP) is 2.49. The highest BCUT2D eigenvalue weighted by Crippen LogP contribution is 2.31. The molecule has 1 aliphatic heterocycles. The molecule has 5 nitrogen and oxygen atoms in total. The van der Waals surface area contributed by atoms with E-state index in [0.29, 0.717) is 12.2 Å². The van der Waals surface area contributed by atoms with Gasteiger partial charge in [-0.2, -0.15) is 13.2 Å². The van der Waals surface area contributed by atoms with E-state index in [4.69, 9.17) is 4.74 Å². The molecule has 0 bridgehead atoms. The minimum atomic E-state index is -4.29. The Bertz CT molecular complexity index is 557. The van der Waals surface area contributed by atoms with Crippen molar-refractivity contribution in [3.05, 3.63) is 23.5 Å². The number of carbonyl (C=O) groups is 1. The van der Waals surface area contributed by atoms with Crippen molar-refractivity contribution in [2.24, 2.45) is 7.05 Å². The summed E-state index contributed by atoms with van der Waals surface area (Å²) in [6, 6.07) is 3.79. The Morgan fingerprint density at radius 1 is 1.38 bits per heavy atom. The van der Waals surface area contributed by atoms with Crippen molar-refractivity contribution in [1.29, 1.82) is 0 Å². The Morgan fingerprint density at radius 3 is 2.79 bits per heavy atom. The quantitative estimate of drug-likeness (QED) is 0.805. The Morgan fingerprint density at radius 2 is 2.12 bits per heavy atom. The zero-order chi connectivity index (χ0) is 17.7. The van der Waals surface area contributed by atoms with Crippen LogP contribution in [-0.4, -0.2) is 54.9 Å². The van der Waals surface area contributed by atoms with Gasteiger partial charge in [-0.15, -0.1) is 0 Å². The van der Waals surface area contributed by atoms with Crippen molar-refractivity contribution < 1.29 is 22.7 Å². The van der Waals surface area contributed by atoms with E-state index < -0.39 is 12.8 Å². The van der Waals surface area contributed by atoms with E-state index in [9.17, 15) is 18.0 Å². The van der Waals surface area contributed by atoms with E-state index in [2.05, 4.69) is 10.2 Å². The van der Waals surface area contributed by atoms with Gasteiger partial charge in [-0.3, -0.25) is 9.69 Å². The maximum atomic E-state index is 12.1. The van der Waals surface area contributed by atoms with E-state index in [-0.39, 0.29) is 18.6 Å². The van der Waals surface area contributed by atoms with E-state index >= 15 is 0 Å². The number of piperidine rings is 1. The molecule has 0 aromatic carbocycles. The molecule has 0 aliphatic carbocycles. The molecule has 2 heterocycles. The van der Waals surface area contributed by atoms with Gasteiger partial charge >= 0.3 is 6.18 Å². The molecule has 0 spiro atoms. The van der Waals surface area contributed by atoms with Crippen LogP contribution in [0.1, 0.15) is 41.5 Å². The Kier molecular flexibility index (Phi) is 6.28. The number of likely N-dealkylation sites (tertiary alicyclic amines) is 1. The van der Waals surface area contributed by atoms with Crippen LogP contribution in [-0.2, 0) is 11.8 Å². The number of halogens is 3. The zero-order valence-electron chi connectivity index (χ0n) is 14.0. The number of hydrogen-bond acceptors (Lipinski definition) is 3. The number of aromatic nitrogens is 1. The highest BCUT2D eigenvalue weighted by Gasteiger charge is 2.29. The van der Waals surface area contributed by atoms with Crippen LogP contribution in [0.4, 0.5) is 13.2 Å². The lowest BCUT2D eigenvalue weighted by Crippen LogP contribution is -2.37. The standard InChI is InChI=1S/C16H24F3N3O2/c1-20-15(23)14-7-6-12(21(14)2)13-5-3-4-8-22(13)9-10-24-11-16(17,18)19/h6-7,13H,3-5,8-11H2,1-2H3,(H,20,23)/t13-/m1/s1. The highest BCUT2D eigenvalue weighted by atomic mass is 19.4. The minimum absolute atomic E-state index is 0.0444. The van der Waals surface area contributed by atoms with Gasteiger partial charge in [0.05, 0.1) is 12.6 Å². The molecule has 1 amide bonds. The summed E-state index contributed by atoms with van der Waals surface area (Å²) in [5.74, 6) is -0.153. The molecule has 0 radical (unpaired) electrons. The third kappa shape index (κ3) is 4.73. The normalized spacial score (nSPS) is 19.5. The number of amides is 1. The molecule has 136 valence electrons. The maximum Gasteiger partial charge on any atom is 0.411 e. The van der Waals surface area contributed by atoms with Crippen molar-refractivity contribution >= 4 is 5.91 Å². The average molecular weight is 347 g/mol. The number of nitrogens with zero attached hydrogens (tertiary/aromatic N) is 2. The SMILES string of the molecule is CNC(=O)c1ccc([C@H]2CCCCN2CCOCC(F)(F)F)n1C. The van der Waals surface area contributed by atoms with Crippen LogP contribution in [0.3, 0.4) is 0 Å². The fraction of sp³-hybridized carbons (Fsp3) is 0.688. The molecule has 1 aromatic rings. The van der Waals surface area contributed by atoms with E-state index in [1.54, 1.807) is 13.1 Å². The van der Waals surface area contributed by atoms with Gasteiger partial charge in [-0.25, -0.2) is 0 Å². The van der Waals surface area contributed by atoms with E-state index in [1.807, 2.05) is 17.7 Å². The van der Waals surface area contributed by atoms with Gasteiger partial charge in [-0.05, 0) is 31.5 Å². The molecule has 1 aliphatic rings. The van der Waals surface area contributed by atoms with Crippen molar-refractivity contribution in [2.75, 3.05) is 33.4 Å². The second kappa shape index (κ2) is 8.02. The minimum Gasteiger partial charge on any atom is -0.371 e. The van der Waals surface area contributed by atoms with Crippen molar-refractivity contribution in [3.8, 4) is 0 Å². The van der Waals surface area contributed by atoms with Crippen LogP contribution < -0.4 is 5.32 Å². The molecule has 1 N–H and O–H groups in total. The molecule has 2 rings (SSSR count). The monoisotopic (exact) mass is 347 g/mol. The Labute approximate surface area is 139 Å². The van der Waals surface area contributed by atoms with Crippen molar-refractivity contribution in [3.63, 3.8) is 0 Å². The van der Waals surface area contributed by atoms with Gasteiger partial charge in [0.1, 0.15) is 12.3 Å². The van der Waals surface area contributed by atoms with Crippen LogP contribution in [0.15, 0.2) is 12.1 Å². The second-order valence-corrected chi connectivity index (χ2v) is 6.00. The fourth-order valence-electron chi connectivity index (χ4n) is 3.18. The molecule has 1 fully saturated rings. The molecular weight excluding hydrogens is 323 g/mol. The van der Waals surface area contributed by atoms with E-state index in [0.717, 1.165) is 31.5 Å². The molecule has 0 saturated carbocycles. The third-order valence-corrected chi connectivity index (χ3v) is 4.36. The number of carbonyl (C=O) groups excluding carboxylic acids is 1. The average Bonchev–Trinajstić information content (AvgIpc) is 2.92. The smallest absolute Gasteiger partial charge is 0.371 e. The second-order valence-electron chi connectivity index (χ2n) is 6.00. The van der Waals surface area contributed by atoms with Crippen LogP contribution >= 0.6 is 0 Å². The number of alkyl halides is 3. The Hall–Kier alpha value is -1.54. The number of rotatable bonds is 6. The molecule has 1 saturated heterocycles. The molecule has 8 heteroatoms. The Balaban J connectivity index is 2.01. The van der Waals surface area contributed by atoms with Crippen LogP contribution in [0.5, 0.6) is 0 Å². The van der Waals surface area contributed by atoms with Gasteiger partial charge < -0.3 is 14.6 Å². The lowest BCUT2D eigenvalue weighted by molar-refractivity contribution is -0.175. The maximum absolute atomic E-state index is 12.1. The summed E-state index contributed by atoms with van der Waals surface area (Å²) in [5.41, 5.74) is 1.58. The molecular formula is C16H24F3N3O2. The summed E-state index contributed by atoms with van der Waals surface area (Å²) < 4.78 is 43.0. The van der Waals surface area contributed by atoms with Crippen molar-refractivity contribution in [2.45, 2.75) is 31.5 Å². The van der Waals surface area contributed by atoms with Gasteiger partial charge in [0.2, 0.25) is 0 Å². The van der Waals surface area contributed by atoms with Gasteiger partial charge in [-0.1, -0.05) is 6.42 Å². The lowest BCUT2D eigenvalue weighted by atomic mass is 9.99. The zero-order valence-corrected chi connectivity index (χ0v) is 14.0. The summed E-state index contributed by atoms with van der Waals surface area (Å²) in [6.07, 6.45) is -1.29. The molecule has 1 aromatic heterocycles. The largest absolute Gasteiger partial charge is 0.411 e. The molecule has 1 atom stereocenters. The van der Waals surface area contributed by atoms with Crippen LogP contribution in [0.25, 0.3) is 0 Å². The third-order valence-electron chi connectivity index (χ3n) is 4.36. The van der Waals surface area contributed by atoms with E-state index in [1.165, 1.54) is 0 Å². The number of hydrogen-bond donors (Lipinski definition) is 1. The first-order chi connectivity index (χ1) is 11.3. The van der Waals surface area contributed by atoms with Gasteiger partial charge in [0, 0.05) is 26.3 Å². The summed E-state index contributed by atoms with van der Waals surface area (Å²) in [5, 5.41) is 2.61. The number of ether oxygens (including phenoxy) is 1. The summed E-state index contributed by atoms with van der Waals surface area (Å²) in [7, 11) is 3.42. The summed E-state index contributed by atoms with van der Waals surface area (Å²) in [6.45, 7) is 0.0982. The van der Waals surface area contributed by atoms with Gasteiger partial charge in [0.15, 0.2) is 0 Å². The first kappa shape index (κ1) is 18.8. The molecule has 0 unspecified atom stereocenters. The van der Waals surface area contributed by atoms with Crippen LogP contribution in [0.2, 0.25) is 0 Å². The highest BCUT2D eigenvalue weighted by molar-refractivity contribution is 5.92. The first-order valence-electron chi connectivity index (χ1n) is 8.09.